The summed E-state index contributed by atoms with van der Waals surface area (Å²) in [6.45, 7) is 0. The number of halogens is 1. The number of hydrogen-bond donors (Lipinski definition) is 2. The zero-order chi connectivity index (χ0) is 13.2. The van der Waals surface area contributed by atoms with Crippen LogP contribution in [0.25, 0.3) is 6.08 Å². The predicted octanol–water partition coefficient (Wildman–Crippen LogP) is 2.46. The fourth-order valence-electron chi connectivity index (χ4n) is 1.49. The van der Waals surface area contributed by atoms with Crippen molar-refractivity contribution in [3.63, 3.8) is 0 Å². The van der Waals surface area contributed by atoms with Gasteiger partial charge >= 0.3 is 0 Å². The summed E-state index contributed by atoms with van der Waals surface area (Å²) < 4.78 is 16.6. The Morgan fingerprint density at radius 3 is 2.94 bits per heavy atom. The van der Waals surface area contributed by atoms with E-state index in [-0.39, 0.29) is 5.11 Å². The molecule has 0 spiro atoms. The molecule has 0 bridgehead atoms. The van der Waals surface area contributed by atoms with E-state index >= 15 is 0 Å². The molecule has 0 fully saturated rings. The number of fused-ring (bicyclic) bond motifs is 1. The fraction of sp³-hybridized carbons (Fsp3) is 0. The summed E-state index contributed by atoms with van der Waals surface area (Å²) in [6.07, 6.45) is 5.26. The maximum Gasteiger partial charge on any atom is 0.184 e. The van der Waals surface area contributed by atoms with E-state index in [1.165, 1.54) is 5.41 Å². The van der Waals surface area contributed by atoms with E-state index in [9.17, 15) is 4.21 Å². The summed E-state index contributed by atoms with van der Waals surface area (Å²) in [6, 6.07) is 5.09. The third kappa shape index (κ3) is 2.72. The van der Waals surface area contributed by atoms with Crippen LogP contribution in [-0.4, -0.2) is 9.32 Å². The highest BCUT2D eigenvalue weighted by Crippen LogP contribution is 2.26. The van der Waals surface area contributed by atoms with Gasteiger partial charge in [-0.15, -0.1) is 4.47 Å². The highest BCUT2D eigenvalue weighted by atomic mass is 35.5. The van der Waals surface area contributed by atoms with Gasteiger partial charge in [-0.25, -0.2) is 9.63 Å². The first-order valence-corrected chi connectivity index (χ1v) is 7.34. The second kappa shape index (κ2) is 5.09. The van der Waals surface area contributed by atoms with Gasteiger partial charge in [-0.05, 0) is 36.0 Å². The van der Waals surface area contributed by atoms with Crippen molar-refractivity contribution in [2.75, 3.05) is 0 Å². The van der Waals surface area contributed by atoms with Crippen LogP contribution in [0.2, 0.25) is 5.02 Å². The van der Waals surface area contributed by atoms with Gasteiger partial charge in [-0.1, -0.05) is 29.8 Å². The van der Waals surface area contributed by atoms with Crippen molar-refractivity contribution in [2.45, 2.75) is 4.90 Å². The largest absolute Gasteiger partial charge is 0.375 e. The maximum atomic E-state index is 12.7. The first-order chi connectivity index (χ1) is 8.51. The molecule has 18 heavy (non-hydrogen) atoms. The number of nitrogens with two attached hydrogens (primary N) is 1. The molecule has 0 radical (unpaired) electrons. The average Bonchev–Trinajstić information content (AvgIpc) is 2.47. The van der Waals surface area contributed by atoms with Gasteiger partial charge in [0, 0.05) is 10.4 Å². The van der Waals surface area contributed by atoms with Crippen molar-refractivity contribution in [2.24, 2.45) is 10.2 Å². The minimum atomic E-state index is -2.75. The zero-order valence-electron chi connectivity index (χ0n) is 9.17. The van der Waals surface area contributed by atoms with Crippen molar-refractivity contribution >= 4 is 44.7 Å². The molecule has 1 aliphatic heterocycles. The molecule has 7 heteroatoms. The first kappa shape index (κ1) is 13.1. The van der Waals surface area contributed by atoms with Gasteiger partial charge < -0.3 is 5.73 Å². The zero-order valence-corrected chi connectivity index (χ0v) is 11.6. The minimum Gasteiger partial charge on any atom is -0.375 e. The number of nitrogens with one attached hydrogen (secondary N) is 1. The van der Waals surface area contributed by atoms with Gasteiger partial charge in [0.15, 0.2) is 5.11 Å². The van der Waals surface area contributed by atoms with Gasteiger partial charge in [-0.2, -0.15) is 0 Å². The number of rotatable bonds is 1. The topological polar surface area (TPSA) is 67.5 Å². The van der Waals surface area contributed by atoms with Crippen LogP contribution in [0, 0.1) is 0 Å². The Kier molecular flexibility index (Phi) is 3.70. The van der Waals surface area contributed by atoms with E-state index in [4.69, 9.17) is 17.3 Å². The highest BCUT2D eigenvalue weighted by molar-refractivity contribution is 7.96. The molecule has 1 atom stereocenters. The van der Waals surface area contributed by atoms with E-state index in [0.717, 1.165) is 5.56 Å². The van der Waals surface area contributed by atoms with Crippen molar-refractivity contribution in [3.8, 4) is 0 Å². The lowest BCUT2D eigenvalue weighted by Gasteiger charge is -2.08. The summed E-state index contributed by atoms with van der Waals surface area (Å²) in [5.41, 5.74) is 8.43. The number of thiocarbonyl (C=S) groups is 1. The van der Waals surface area contributed by atoms with Crippen LogP contribution >= 0.6 is 23.8 Å². The molecular formula is C11H10ClN3OS2. The molecule has 1 unspecified atom stereocenters. The maximum absolute atomic E-state index is 12.7. The normalized spacial score (nSPS) is 20.9. The molecule has 1 aromatic carbocycles. The van der Waals surface area contributed by atoms with Crippen LogP contribution in [0.5, 0.6) is 0 Å². The lowest BCUT2D eigenvalue weighted by Crippen LogP contribution is -2.25. The SMILES string of the molecule is NC(=S)NN=S1(=O)C=CC=Cc2cc(Cl)ccc21. The Morgan fingerprint density at radius 2 is 2.22 bits per heavy atom. The molecule has 0 saturated carbocycles. The number of benzene rings is 1. The monoisotopic (exact) mass is 299 g/mol. The van der Waals surface area contributed by atoms with Crippen molar-refractivity contribution in [1.29, 1.82) is 0 Å². The van der Waals surface area contributed by atoms with Crippen LogP contribution in [0.3, 0.4) is 0 Å². The molecular weight excluding hydrogens is 290 g/mol. The fourth-order valence-corrected chi connectivity index (χ4v) is 3.35. The van der Waals surface area contributed by atoms with E-state index < -0.39 is 9.73 Å². The second-order valence-electron chi connectivity index (χ2n) is 3.51. The minimum absolute atomic E-state index is 0.0288. The van der Waals surface area contributed by atoms with E-state index in [2.05, 4.69) is 22.1 Å². The molecule has 94 valence electrons. The lowest BCUT2D eigenvalue weighted by atomic mass is 10.2. The van der Waals surface area contributed by atoms with E-state index in [1.54, 1.807) is 30.4 Å². The molecule has 0 amide bonds. The Labute approximate surface area is 116 Å². The molecule has 0 aromatic heterocycles. The van der Waals surface area contributed by atoms with Crippen LogP contribution < -0.4 is 11.2 Å². The van der Waals surface area contributed by atoms with E-state index in [0.29, 0.717) is 9.92 Å². The molecule has 1 aromatic rings. The molecule has 1 heterocycles. The second-order valence-corrected chi connectivity index (χ2v) is 6.41. The van der Waals surface area contributed by atoms with Crippen molar-refractivity contribution < 1.29 is 4.21 Å². The van der Waals surface area contributed by atoms with Crippen molar-refractivity contribution in [3.05, 3.63) is 46.3 Å². The highest BCUT2D eigenvalue weighted by Gasteiger charge is 2.15. The third-order valence-electron chi connectivity index (χ3n) is 2.23. The number of hydrogen-bond acceptors (Lipinski definition) is 3. The Hall–Kier alpha value is -1.37. The van der Waals surface area contributed by atoms with Gasteiger partial charge in [0.1, 0.15) is 9.73 Å². The molecule has 1 aliphatic rings. The lowest BCUT2D eigenvalue weighted by molar-refractivity contribution is 0.679. The molecule has 0 saturated heterocycles. The molecule has 2 rings (SSSR count). The smallest absolute Gasteiger partial charge is 0.184 e. The molecule has 4 nitrogen and oxygen atoms in total. The summed E-state index contributed by atoms with van der Waals surface area (Å²) in [4.78, 5) is 0.570. The van der Waals surface area contributed by atoms with Gasteiger partial charge in [0.2, 0.25) is 0 Å². The Morgan fingerprint density at radius 1 is 1.44 bits per heavy atom. The quantitative estimate of drug-likeness (QED) is 0.617. The van der Waals surface area contributed by atoms with Crippen LogP contribution in [0.15, 0.2) is 45.1 Å². The third-order valence-corrected chi connectivity index (χ3v) is 4.45. The number of allylic oxidation sites excluding steroid dienone is 2. The Balaban J connectivity index is 2.63. The summed E-state index contributed by atoms with van der Waals surface area (Å²) in [5.74, 6) is 0. The van der Waals surface area contributed by atoms with Gasteiger partial charge in [-0.3, -0.25) is 0 Å². The van der Waals surface area contributed by atoms with Gasteiger partial charge in [0.25, 0.3) is 0 Å². The van der Waals surface area contributed by atoms with Gasteiger partial charge in [0.05, 0.1) is 4.90 Å². The summed E-state index contributed by atoms with van der Waals surface area (Å²) in [5, 5.41) is 2.05. The van der Waals surface area contributed by atoms with E-state index in [1.807, 2.05) is 6.08 Å². The standard InChI is InChI=1S/C11H10ClN3OS2/c12-9-4-5-10-8(7-9)3-1-2-6-18(10,16)15-14-11(13)17/h1-7H,(H3,13,14,17). The van der Waals surface area contributed by atoms with Crippen molar-refractivity contribution in [1.82, 2.24) is 5.43 Å². The molecule has 3 N–H and O–H groups in total. The summed E-state index contributed by atoms with van der Waals surface area (Å²) in [7, 11) is -2.75. The predicted molar refractivity (Wildman–Crippen MR) is 78.4 cm³/mol. The number of nitrogens with zero attached hydrogens (tertiary/aromatic N) is 1. The average molecular weight is 300 g/mol. The van der Waals surface area contributed by atoms with Crippen LogP contribution in [-0.2, 0) is 9.73 Å². The van der Waals surface area contributed by atoms with Crippen LogP contribution in [0.1, 0.15) is 5.56 Å². The van der Waals surface area contributed by atoms with Crippen LogP contribution in [0.4, 0.5) is 0 Å². The summed E-state index contributed by atoms with van der Waals surface area (Å²) >= 11 is 10.6. The Bertz CT molecular complexity index is 673. The first-order valence-electron chi connectivity index (χ1n) is 4.97. The molecule has 0 aliphatic carbocycles.